The summed E-state index contributed by atoms with van der Waals surface area (Å²) in [4.78, 5) is 26.2. The van der Waals surface area contributed by atoms with Crippen molar-refractivity contribution in [2.45, 2.75) is 27.2 Å². The summed E-state index contributed by atoms with van der Waals surface area (Å²) in [7, 11) is 0. The number of amides is 2. The first-order valence-corrected chi connectivity index (χ1v) is 9.12. The lowest BCUT2D eigenvalue weighted by Crippen LogP contribution is -2.45. The molecule has 1 aromatic carbocycles. The van der Waals surface area contributed by atoms with Crippen LogP contribution in [0.15, 0.2) is 51.6 Å². The van der Waals surface area contributed by atoms with Gasteiger partial charge in [-0.15, -0.1) is 0 Å². The number of imide groups is 1. The summed E-state index contributed by atoms with van der Waals surface area (Å²) in [6.45, 7) is 5.82. The van der Waals surface area contributed by atoms with Crippen molar-refractivity contribution in [3.05, 3.63) is 63.5 Å². The van der Waals surface area contributed by atoms with Crippen LogP contribution in [0.4, 0.5) is 0 Å². The van der Waals surface area contributed by atoms with E-state index in [0.29, 0.717) is 40.7 Å². The second kappa shape index (κ2) is 7.45. The molecule has 2 aromatic rings. The SMILES string of the molecule is CCCN1C(=O)C(N)=C(C)/C(=C\c2ccc(-c3cccc(Cl)c3C)o2)C1=O. The van der Waals surface area contributed by atoms with Crippen molar-refractivity contribution in [3.63, 3.8) is 0 Å². The van der Waals surface area contributed by atoms with Gasteiger partial charge in [-0.05, 0) is 55.7 Å². The number of nitrogens with two attached hydrogens (primary N) is 1. The molecule has 0 unspecified atom stereocenters. The fourth-order valence-electron chi connectivity index (χ4n) is 3.04. The highest BCUT2D eigenvalue weighted by atomic mass is 35.5. The summed E-state index contributed by atoms with van der Waals surface area (Å²) >= 11 is 6.18. The van der Waals surface area contributed by atoms with Crippen LogP contribution < -0.4 is 5.73 Å². The van der Waals surface area contributed by atoms with E-state index in [-0.39, 0.29) is 11.6 Å². The maximum Gasteiger partial charge on any atom is 0.276 e. The number of hydrogen-bond acceptors (Lipinski definition) is 4. The van der Waals surface area contributed by atoms with Crippen LogP contribution in [0.5, 0.6) is 0 Å². The summed E-state index contributed by atoms with van der Waals surface area (Å²) in [6, 6.07) is 9.21. The number of halogens is 1. The van der Waals surface area contributed by atoms with Gasteiger partial charge in [-0.3, -0.25) is 14.5 Å². The lowest BCUT2D eigenvalue weighted by Gasteiger charge is -2.27. The summed E-state index contributed by atoms with van der Waals surface area (Å²) in [5.41, 5.74) is 8.66. The monoisotopic (exact) mass is 384 g/mol. The Balaban J connectivity index is 2.01. The molecule has 140 valence electrons. The molecule has 2 N–H and O–H groups in total. The van der Waals surface area contributed by atoms with E-state index in [1.165, 1.54) is 4.90 Å². The molecule has 0 fully saturated rings. The van der Waals surface area contributed by atoms with E-state index < -0.39 is 5.91 Å². The number of furan rings is 1. The standard InChI is InChI=1S/C21H21ClN2O3/c1-4-10-24-20(25)16(13(3)19(23)21(24)26)11-14-8-9-18(27-14)15-6-5-7-17(22)12(15)2/h5-9,11H,4,10,23H2,1-3H3/b16-11+. The van der Waals surface area contributed by atoms with Gasteiger partial charge in [0.25, 0.3) is 11.8 Å². The Morgan fingerprint density at radius 3 is 2.59 bits per heavy atom. The van der Waals surface area contributed by atoms with Gasteiger partial charge >= 0.3 is 0 Å². The fourth-order valence-corrected chi connectivity index (χ4v) is 3.21. The molecule has 0 saturated carbocycles. The van der Waals surface area contributed by atoms with Gasteiger partial charge in [-0.2, -0.15) is 0 Å². The zero-order chi connectivity index (χ0) is 19.7. The Morgan fingerprint density at radius 2 is 1.89 bits per heavy atom. The smallest absolute Gasteiger partial charge is 0.276 e. The Kier molecular flexibility index (Phi) is 5.24. The van der Waals surface area contributed by atoms with Gasteiger partial charge in [0, 0.05) is 22.7 Å². The second-order valence-corrected chi connectivity index (χ2v) is 6.88. The van der Waals surface area contributed by atoms with Crippen LogP contribution in [0.2, 0.25) is 5.02 Å². The molecule has 1 aromatic heterocycles. The molecule has 0 spiro atoms. The normalized spacial score (nSPS) is 16.6. The molecule has 0 radical (unpaired) electrons. The lowest BCUT2D eigenvalue weighted by atomic mass is 9.98. The minimum Gasteiger partial charge on any atom is -0.457 e. The molecule has 1 aliphatic heterocycles. The van der Waals surface area contributed by atoms with Crippen LogP contribution in [0.1, 0.15) is 31.6 Å². The molecule has 3 rings (SSSR count). The van der Waals surface area contributed by atoms with Crippen LogP contribution >= 0.6 is 11.6 Å². The zero-order valence-electron chi connectivity index (χ0n) is 15.5. The number of hydrogen-bond donors (Lipinski definition) is 1. The number of carbonyl (C=O) groups is 2. The maximum absolute atomic E-state index is 12.7. The van der Waals surface area contributed by atoms with Crippen molar-refractivity contribution in [1.29, 1.82) is 0 Å². The number of nitrogens with zero attached hydrogens (tertiary/aromatic N) is 1. The average Bonchev–Trinajstić information content (AvgIpc) is 3.11. The van der Waals surface area contributed by atoms with Crippen LogP contribution in [0, 0.1) is 6.92 Å². The quantitative estimate of drug-likeness (QED) is 0.629. The molecular formula is C21H21ClN2O3. The van der Waals surface area contributed by atoms with Crippen LogP contribution in [0.3, 0.4) is 0 Å². The lowest BCUT2D eigenvalue weighted by molar-refractivity contribution is -0.140. The van der Waals surface area contributed by atoms with Gasteiger partial charge in [-0.1, -0.05) is 30.7 Å². The molecule has 5 nitrogen and oxygen atoms in total. The van der Waals surface area contributed by atoms with Crippen LogP contribution in [-0.2, 0) is 9.59 Å². The van der Waals surface area contributed by atoms with Gasteiger partial charge in [-0.25, -0.2) is 0 Å². The summed E-state index contributed by atoms with van der Waals surface area (Å²) in [5, 5.41) is 0.659. The highest BCUT2D eigenvalue weighted by Crippen LogP contribution is 2.31. The predicted octanol–water partition coefficient (Wildman–Crippen LogP) is 4.30. The van der Waals surface area contributed by atoms with Crippen molar-refractivity contribution < 1.29 is 14.0 Å². The summed E-state index contributed by atoms with van der Waals surface area (Å²) < 4.78 is 5.91. The van der Waals surface area contributed by atoms with E-state index in [2.05, 4.69) is 0 Å². The van der Waals surface area contributed by atoms with E-state index in [1.54, 1.807) is 19.1 Å². The van der Waals surface area contributed by atoms with Crippen molar-refractivity contribution in [3.8, 4) is 11.3 Å². The predicted molar refractivity (Wildman–Crippen MR) is 106 cm³/mol. The molecule has 6 heteroatoms. The largest absolute Gasteiger partial charge is 0.457 e. The minimum atomic E-state index is -0.439. The van der Waals surface area contributed by atoms with Crippen molar-refractivity contribution in [1.82, 2.24) is 4.90 Å². The van der Waals surface area contributed by atoms with E-state index in [4.69, 9.17) is 21.8 Å². The van der Waals surface area contributed by atoms with E-state index in [1.807, 2.05) is 38.1 Å². The Hall–Kier alpha value is -2.79. The Morgan fingerprint density at radius 1 is 1.15 bits per heavy atom. The molecule has 2 amide bonds. The zero-order valence-corrected chi connectivity index (χ0v) is 16.3. The van der Waals surface area contributed by atoms with E-state index in [0.717, 1.165) is 11.1 Å². The molecule has 0 atom stereocenters. The molecule has 0 aliphatic carbocycles. The van der Waals surface area contributed by atoms with Crippen LogP contribution in [0.25, 0.3) is 17.4 Å². The van der Waals surface area contributed by atoms with E-state index in [9.17, 15) is 9.59 Å². The van der Waals surface area contributed by atoms with Gasteiger partial charge in [0.15, 0.2) is 0 Å². The van der Waals surface area contributed by atoms with Gasteiger partial charge in [0.05, 0.1) is 0 Å². The third kappa shape index (κ3) is 3.43. The molecule has 27 heavy (non-hydrogen) atoms. The van der Waals surface area contributed by atoms with E-state index >= 15 is 0 Å². The van der Waals surface area contributed by atoms with Crippen molar-refractivity contribution in [2.75, 3.05) is 6.54 Å². The molecule has 1 aliphatic rings. The first-order chi connectivity index (χ1) is 12.8. The van der Waals surface area contributed by atoms with Crippen LogP contribution in [-0.4, -0.2) is 23.3 Å². The topological polar surface area (TPSA) is 76.5 Å². The highest BCUT2D eigenvalue weighted by Gasteiger charge is 2.33. The number of carbonyl (C=O) groups excluding carboxylic acids is 2. The Bertz CT molecular complexity index is 985. The van der Waals surface area contributed by atoms with Gasteiger partial charge in [0.1, 0.15) is 17.2 Å². The maximum atomic E-state index is 12.7. The molecule has 2 heterocycles. The Labute approximate surface area is 163 Å². The highest BCUT2D eigenvalue weighted by molar-refractivity contribution is 6.31. The van der Waals surface area contributed by atoms with Crippen molar-refractivity contribution in [2.24, 2.45) is 5.73 Å². The third-order valence-electron chi connectivity index (χ3n) is 4.65. The minimum absolute atomic E-state index is 0.0896. The van der Waals surface area contributed by atoms with Gasteiger partial charge < -0.3 is 10.2 Å². The first-order valence-electron chi connectivity index (χ1n) is 8.75. The molecule has 0 saturated heterocycles. The van der Waals surface area contributed by atoms with Gasteiger partial charge in [0.2, 0.25) is 0 Å². The van der Waals surface area contributed by atoms with Crippen molar-refractivity contribution >= 4 is 29.5 Å². The summed E-state index contributed by atoms with van der Waals surface area (Å²) in [6.07, 6.45) is 2.29. The second-order valence-electron chi connectivity index (χ2n) is 6.47. The number of rotatable bonds is 4. The molecular weight excluding hydrogens is 364 g/mol. The number of benzene rings is 1. The third-order valence-corrected chi connectivity index (χ3v) is 5.06. The first kappa shape index (κ1) is 19.0. The molecule has 0 bridgehead atoms. The fraction of sp³-hybridized carbons (Fsp3) is 0.238. The summed E-state index contributed by atoms with van der Waals surface area (Å²) in [5.74, 6) is 0.364. The average molecular weight is 385 g/mol.